The van der Waals surface area contributed by atoms with Crippen LogP contribution in [0.4, 0.5) is 13.2 Å². The van der Waals surface area contributed by atoms with E-state index in [0.29, 0.717) is 15.2 Å². The Bertz CT molecular complexity index is 806. The van der Waals surface area contributed by atoms with E-state index in [1.165, 1.54) is 7.05 Å². The Morgan fingerprint density at radius 2 is 1.88 bits per heavy atom. The maximum atomic E-state index is 12.4. The number of amides is 1. The molecule has 10 heteroatoms. The number of carbonyl (C=O) groups is 1. The van der Waals surface area contributed by atoms with Gasteiger partial charge in [0, 0.05) is 19.8 Å². The summed E-state index contributed by atoms with van der Waals surface area (Å²) in [5, 5.41) is 20.0. The smallest absolute Gasteiger partial charge is 0.406 e. The zero-order valence-electron chi connectivity index (χ0n) is 12.8. The van der Waals surface area contributed by atoms with Crippen molar-refractivity contribution in [2.24, 2.45) is 0 Å². The minimum absolute atomic E-state index is 0.0698. The Morgan fingerprint density at radius 1 is 1.24 bits per heavy atom. The molecule has 0 bridgehead atoms. The average Bonchev–Trinajstić information content (AvgIpc) is 2.77. The van der Waals surface area contributed by atoms with Crippen molar-refractivity contribution in [2.75, 3.05) is 7.05 Å². The van der Waals surface area contributed by atoms with Crippen molar-refractivity contribution in [3.05, 3.63) is 45.6 Å². The number of nitrogens with zero attached hydrogens (tertiary/aromatic N) is 2. The number of rotatable bonds is 4. The van der Waals surface area contributed by atoms with Crippen LogP contribution in [0.2, 0.25) is 10.0 Å². The van der Waals surface area contributed by atoms with Crippen LogP contribution >= 0.6 is 23.2 Å². The van der Waals surface area contributed by atoms with Gasteiger partial charge in [-0.25, -0.2) is 0 Å². The third-order valence-electron chi connectivity index (χ3n) is 3.35. The molecule has 1 aromatic carbocycles. The summed E-state index contributed by atoms with van der Waals surface area (Å²) in [6.45, 7) is -1.46. The number of hydrogen-bond acceptors (Lipinski definition) is 3. The van der Waals surface area contributed by atoms with Gasteiger partial charge in [0.1, 0.15) is 12.1 Å². The highest BCUT2D eigenvalue weighted by atomic mass is 35.5. The molecule has 2 aromatic rings. The molecule has 0 atom stereocenters. The van der Waals surface area contributed by atoms with Gasteiger partial charge in [0.05, 0.1) is 10.0 Å². The van der Waals surface area contributed by atoms with Gasteiger partial charge in [-0.1, -0.05) is 29.3 Å². The Labute approximate surface area is 150 Å². The van der Waals surface area contributed by atoms with Gasteiger partial charge in [0.15, 0.2) is 5.75 Å². The molecule has 136 valence electrons. The molecule has 0 aliphatic heterocycles. The second-order valence-electron chi connectivity index (χ2n) is 5.37. The standard InChI is InChI=1S/C15H13Cl2F3N2O3/c1-21(5-8-2-3-10(16)11(17)4-8)13(24)9-6-22(7-15(18,19)20)14(25)12(9)23/h2-4,6,23,25H,5,7H2,1H3. The Hall–Kier alpha value is -2.06. The fourth-order valence-electron chi connectivity index (χ4n) is 2.19. The molecule has 0 fully saturated rings. The minimum Gasteiger partial charge on any atom is -0.503 e. The van der Waals surface area contributed by atoms with Gasteiger partial charge in [-0.15, -0.1) is 0 Å². The Kier molecular flexibility index (Phi) is 5.43. The quantitative estimate of drug-likeness (QED) is 0.819. The lowest BCUT2D eigenvalue weighted by molar-refractivity contribution is -0.141. The zero-order valence-corrected chi connectivity index (χ0v) is 14.3. The van der Waals surface area contributed by atoms with Gasteiger partial charge in [0.25, 0.3) is 5.91 Å². The number of carbonyl (C=O) groups excluding carboxylic acids is 1. The van der Waals surface area contributed by atoms with Gasteiger partial charge in [0.2, 0.25) is 5.88 Å². The molecule has 0 radical (unpaired) electrons. The van der Waals surface area contributed by atoms with Crippen LogP contribution in [0.25, 0.3) is 0 Å². The summed E-state index contributed by atoms with van der Waals surface area (Å²) in [7, 11) is 1.39. The largest absolute Gasteiger partial charge is 0.503 e. The van der Waals surface area contributed by atoms with Crippen LogP contribution in [0.1, 0.15) is 15.9 Å². The van der Waals surface area contributed by atoms with Crippen LogP contribution in [0.3, 0.4) is 0 Å². The molecule has 25 heavy (non-hydrogen) atoms. The molecule has 5 nitrogen and oxygen atoms in total. The summed E-state index contributed by atoms with van der Waals surface area (Å²) >= 11 is 11.7. The molecule has 0 aliphatic rings. The summed E-state index contributed by atoms with van der Waals surface area (Å²) in [5.41, 5.74) is 0.188. The van der Waals surface area contributed by atoms with Crippen molar-refractivity contribution in [1.29, 1.82) is 0 Å². The molecule has 1 amide bonds. The van der Waals surface area contributed by atoms with Crippen LogP contribution in [-0.2, 0) is 13.1 Å². The van der Waals surface area contributed by atoms with Crippen molar-refractivity contribution in [3.63, 3.8) is 0 Å². The topological polar surface area (TPSA) is 65.7 Å². The fraction of sp³-hybridized carbons (Fsp3) is 0.267. The van der Waals surface area contributed by atoms with Crippen molar-refractivity contribution in [1.82, 2.24) is 9.47 Å². The van der Waals surface area contributed by atoms with Crippen molar-refractivity contribution >= 4 is 29.1 Å². The molecule has 2 rings (SSSR count). The van der Waals surface area contributed by atoms with Crippen LogP contribution in [-0.4, -0.2) is 38.8 Å². The summed E-state index contributed by atoms with van der Waals surface area (Å²) in [6.07, 6.45) is -3.86. The summed E-state index contributed by atoms with van der Waals surface area (Å²) in [4.78, 5) is 13.5. The monoisotopic (exact) mass is 396 g/mol. The van der Waals surface area contributed by atoms with Crippen LogP contribution in [0.15, 0.2) is 24.4 Å². The molecule has 0 saturated heterocycles. The van der Waals surface area contributed by atoms with Crippen molar-refractivity contribution in [3.8, 4) is 11.6 Å². The maximum absolute atomic E-state index is 12.4. The lowest BCUT2D eigenvalue weighted by atomic mass is 10.2. The van der Waals surface area contributed by atoms with E-state index in [4.69, 9.17) is 23.2 Å². The van der Waals surface area contributed by atoms with E-state index in [2.05, 4.69) is 0 Å². The first-order valence-electron chi connectivity index (χ1n) is 6.87. The van der Waals surface area contributed by atoms with Crippen molar-refractivity contribution in [2.45, 2.75) is 19.3 Å². The van der Waals surface area contributed by atoms with Gasteiger partial charge in [-0.3, -0.25) is 4.79 Å². The predicted molar refractivity (Wildman–Crippen MR) is 86.1 cm³/mol. The molecular formula is C15H13Cl2F3N2O3. The van der Waals surface area contributed by atoms with Crippen LogP contribution < -0.4 is 0 Å². The number of halogens is 5. The van der Waals surface area contributed by atoms with E-state index in [0.717, 1.165) is 11.1 Å². The lowest BCUT2D eigenvalue weighted by Gasteiger charge is -2.17. The van der Waals surface area contributed by atoms with E-state index in [1.54, 1.807) is 18.2 Å². The van der Waals surface area contributed by atoms with E-state index >= 15 is 0 Å². The van der Waals surface area contributed by atoms with Gasteiger partial charge < -0.3 is 19.7 Å². The number of hydrogen-bond donors (Lipinski definition) is 2. The molecule has 2 N–H and O–H groups in total. The van der Waals surface area contributed by atoms with Crippen LogP contribution in [0, 0.1) is 0 Å². The lowest BCUT2D eigenvalue weighted by Crippen LogP contribution is -2.26. The summed E-state index contributed by atoms with van der Waals surface area (Å²) in [6, 6.07) is 4.71. The van der Waals surface area contributed by atoms with E-state index < -0.39 is 35.8 Å². The highest BCUT2D eigenvalue weighted by Crippen LogP contribution is 2.34. The first-order valence-corrected chi connectivity index (χ1v) is 7.62. The Morgan fingerprint density at radius 3 is 2.44 bits per heavy atom. The van der Waals surface area contributed by atoms with Crippen molar-refractivity contribution < 1.29 is 28.2 Å². The number of benzene rings is 1. The number of alkyl halides is 3. The molecule has 1 heterocycles. The molecule has 0 unspecified atom stereocenters. The van der Waals surface area contributed by atoms with Crippen LogP contribution in [0.5, 0.6) is 11.6 Å². The average molecular weight is 397 g/mol. The summed E-state index contributed by atoms with van der Waals surface area (Å²) in [5.74, 6) is -2.70. The predicted octanol–water partition coefficient (Wildman–Crippen LogP) is 4.04. The molecule has 0 spiro atoms. The minimum atomic E-state index is -4.62. The van der Waals surface area contributed by atoms with Gasteiger partial charge in [-0.05, 0) is 17.7 Å². The molecule has 0 saturated carbocycles. The second-order valence-corrected chi connectivity index (χ2v) is 6.18. The van der Waals surface area contributed by atoms with E-state index in [9.17, 15) is 28.2 Å². The van der Waals surface area contributed by atoms with E-state index in [1.807, 2.05) is 0 Å². The molecule has 0 aliphatic carbocycles. The third-order valence-corrected chi connectivity index (χ3v) is 4.09. The summed E-state index contributed by atoms with van der Waals surface area (Å²) < 4.78 is 37.7. The Balaban J connectivity index is 2.21. The number of aromatic hydroxyl groups is 2. The van der Waals surface area contributed by atoms with Gasteiger partial charge >= 0.3 is 6.18 Å². The van der Waals surface area contributed by atoms with Gasteiger partial charge in [-0.2, -0.15) is 13.2 Å². The third kappa shape index (κ3) is 4.52. The highest BCUT2D eigenvalue weighted by Gasteiger charge is 2.32. The normalized spacial score (nSPS) is 11.6. The SMILES string of the molecule is CN(Cc1ccc(Cl)c(Cl)c1)C(=O)c1cn(CC(F)(F)F)c(O)c1O. The number of aromatic nitrogens is 1. The van der Waals surface area contributed by atoms with E-state index in [-0.39, 0.29) is 11.6 Å². The molecular weight excluding hydrogens is 384 g/mol. The zero-order chi connectivity index (χ0) is 18.9. The first kappa shape index (κ1) is 19.3. The molecule has 1 aromatic heterocycles. The maximum Gasteiger partial charge on any atom is 0.406 e. The first-order chi connectivity index (χ1) is 11.5. The fourth-order valence-corrected chi connectivity index (χ4v) is 2.51. The second kappa shape index (κ2) is 7.05. The highest BCUT2D eigenvalue weighted by molar-refractivity contribution is 6.42.